The number of rotatable bonds is 4. The van der Waals surface area contributed by atoms with Crippen LogP contribution >= 0.6 is 0 Å². The molecule has 0 spiro atoms. The van der Waals surface area contributed by atoms with Crippen molar-refractivity contribution in [2.75, 3.05) is 17.1 Å². The first-order valence-corrected chi connectivity index (χ1v) is 7.41. The molecule has 0 amide bonds. The fourth-order valence-electron chi connectivity index (χ4n) is 1.65. The molecule has 0 bridgehead atoms. The highest BCUT2D eigenvalue weighted by atomic mass is 32.2. The monoisotopic (exact) mass is 286 g/mol. The van der Waals surface area contributed by atoms with Crippen molar-refractivity contribution in [2.45, 2.75) is 4.90 Å². The van der Waals surface area contributed by atoms with E-state index >= 15 is 0 Å². The van der Waals surface area contributed by atoms with Gasteiger partial charge in [-0.25, -0.2) is 8.42 Å². The van der Waals surface area contributed by atoms with Crippen molar-refractivity contribution in [3.8, 4) is 12.3 Å². The minimum atomic E-state index is -3.59. The van der Waals surface area contributed by atoms with Crippen LogP contribution in [0.3, 0.4) is 0 Å². The zero-order valence-corrected chi connectivity index (χ0v) is 11.7. The smallest absolute Gasteiger partial charge is 0.261 e. The van der Waals surface area contributed by atoms with E-state index in [9.17, 15) is 8.42 Å². The van der Waals surface area contributed by atoms with E-state index in [1.807, 2.05) is 0 Å². The normalized spacial score (nSPS) is 10.6. The van der Waals surface area contributed by atoms with Gasteiger partial charge in [-0.15, -0.1) is 6.42 Å². The summed E-state index contributed by atoms with van der Waals surface area (Å²) in [7, 11) is -1.81. The quantitative estimate of drug-likeness (QED) is 0.849. The van der Waals surface area contributed by atoms with Gasteiger partial charge in [-0.05, 0) is 48.5 Å². The average Bonchev–Trinajstić information content (AvgIpc) is 2.48. The SMILES string of the molecule is C#Cc1ccc(NS(=O)(=O)c2ccc(NC)cc2)cc1. The number of hydrogen-bond acceptors (Lipinski definition) is 3. The molecule has 2 aromatic rings. The molecule has 0 unspecified atom stereocenters. The molecule has 0 aliphatic heterocycles. The lowest BCUT2D eigenvalue weighted by Crippen LogP contribution is -2.12. The van der Waals surface area contributed by atoms with Gasteiger partial charge >= 0.3 is 0 Å². The molecule has 0 atom stereocenters. The molecule has 0 saturated carbocycles. The number of benzene rings is 2. The van der Waals surface area contributed by atoms with Gasteiger partial charge in [-0.2, -0.15) is 0 Å². The van der Waals surface area contributed by atoms with Gasteiger partial charge in [0, 0.05) is 24.0 Å². The second kappa shape index (κ2) is 5.68. The Bertz CT molecular complexity index is 727. The molecule has 20 heavy (non-hydrogen) atoms. The first-order valence-electron chi connectivity index (χ1n) is 5.92. The Balaban J connectivity index is 2.23. The van der Waals surface area contributed by atoms with Crippen LogP contribution in [0.5, 0.6) is 0 Å². The summed E-state index contributed by atoms with van der Waals surface area (Å²) >= 11 is 0. The number of nitrogens with one attached hydrogen (secondary N) is 2. The van der Waals surface area contributed by atoms with Gasteiger partial charge < -0.3 is 5.32 Å². The summed E-state index contributed by atoms with van der Waals surface area (Å²) in [5.41, 5.74) is 2.02. The van der Waals surface area contributed by atoms with Crippen molar-refractivity contribution < 1.29 is 8.42 Å². The third-order valence-electron chi connectivity index (χ3n) is 2.76. The lowest BCUT2D eigenvalue weighted by molar-refractivity contribution is 0.601. The molecule has 4 nitrogen and oxygen atoms in total. The zero-order chi connectivity index (χ0) is 14.6. The summed E-state index contributed by atoms with van der Waals surface area (Å²) in [6.45, 7) is 0. The number of hydrogen-bond donors (Lipinski definition) is 2. The molecule has 0 aliphatic rings. The topological polar surface area (TPSA) is 58.2 Å². The second-order valence-electron chi connectivity index (χ2n) is 4.10. The van der Waals surface area contributed by atoms with Crippen molar-refractivity contribution in [1.82, 2.24) is 0 Å². The summed E-state index contributed by atoms with van der Waals surface area (Å²) in [6, 6.07) is 13.1. The predicted octanol–water partition coefficient (Wildman–Crippen LogP) is 2.51. The van der Waals surface area contributed by atoms with Gasteiger partial charge in [0.15, 0.2) is 0 Å². The van der Waals surface area contributed by atoms with Crippen LogP contribution in [-0.4, -0.2) is 15.5 Å². The van der Waals surface area contributed by atoms with Gasteiger partial charge in [0.1, 0.15) is 0 Å². The Morgan fingerprint density at radius 3 is 2.00 bits per heavy atom. The molecule has 5 heteroatoms. The van der Waals surface area contributed by atoms with Crippen LogP contribution in [0.1, 0.15) is 5.56 Å². The maximum atomic E-state index is 12.2. The van der Waals surface area contributed by atoms with Crippen molar-refractivity contribution >= 4 is 21.4 Å². The minimum absolute atomic E-state index is 0.206. The maximum Gasteiger partial charge on any atom is 0.261 e. The van der Waals surface area contributed by atoms with Gasteiger partial charge in [-0.1, -0.05) is 5.92 Å². The maximum absolute atomic E-state index is 12.2. The summed E-state index contributed by atoms with van der Waals surface area (Å²) < 4.78 is 26.9. The number of anilines is 2. The summed E-state index contributed by atoms with van der Waals surface area (Å²) in [5, 5.41) is 2.93. The second-order valence-corrected chi connectivity index (χ2v) is 5.78. The highest BCUT2D eigenvalue weighted by Crippen LogP contribution is 2.18. The van der Waals surface area contributed by atoms with Crippen LogP contribution in [0.15, 0.2) is 53.4 Å². The summed E-state index contributed by atoms with van der Waals surface area (Å²) in [6.07, 6.45) is 5.25. The highest BCUT2D eigenvalue weighted by Gasteiger charge is 2.13. The number of terminal acetylenes is 1. The Morgan fingerprint density at radius 1 is 0.950 bits per heavy atom. The minimum Gasteiger partial charge on any atom is -0.388 e. The molecule has 102 valence electrons. The first-order chi connectivity index (χ1) is 9.55. The van der Waals surface area contributed by atoms with Crippen molar-refractivity contribution in [2.24, 2.45) is 0 Å². The Hall–Kier alpha value is -2.45. The molecule has 2 N–H and O–H groups in total. The lowest BCUT2D eigenvalue weighted by Gasteiger charge is -2.09. The average molecular weight is 286 g/mol. The van der Waals surface area contributed by atoms with E-state index < -0.39 is 10.0 Å². The lowest BCUT2D eigenvalue weighted by atomic mass is 10.2. The standard InChI is InChI=1S/C15H14N2O2S/c1-3-12-4-6-14(7-5-12)17-20(18,19)15-10-8-13(16-2)9-11-15/h1,4-11,16-17H,2H3. The van der Waals surface area contributed by atoms with E-state index in [4.69, 9.17) is 6.42 Å². The van der Waals surface area contributed by atoms with Crippen LogP contribution in [0, 0.1) is 12.3 Å². The van der Waals surface area contributed by atoms with Gasteiger partial charge in [0.2, 0.25) is 0 Å². The van der Waals surface area contributed by atoms with Crippen LogP contribution in [0.2, 0.25) is 0 Å². The van der Waals surface area contributed by atoms with E-state index in [2.05, 4.69) is 16.0 Å². The molecule has 0 radical (unpaired) electrons. The van der Waals surface area contributed by atoms with E-state index in [1.165, 1.54) is 0 Å². The Morgan fingerprint density at radius 2 is 1.50 bits per heavy atom. The molecule has 0 aromatic heterocycles. The van der Waals surface area contributed by atoms with Crippen molar-refractivity contribution in [3.05, 3.63) is 54.1 Å². The van der Waals surface area contributed by atoms with Gasteiger partial charge in [0.25, 0.3) is 10.0 Å². The highest BCUT2D eigenvalue weighted by molar-refractivity contribution is 7.92. The van der Waals surface area contributed by atoms with E-state index in [0.29, 0.717) is 11.3 Å². The summed E-state index contributed by atoms with van der Waals surface area (Å²) in [5.74, 6) is 2.48. The Kier molecular flexibility index (Phi) is 3.97. The third kappa shape index (κ3) is 3.11. The molecule has 2 rings (SSSR count). The molecular formula is C15H14N2O2S. The van der Waals surface area contributed by atoms with Gasteiger partial charge in [-0.3, -0.25) is 4.72 Å². The van der Waals surface area contributed by atoms with Gasteiger partial charge in [0.05, 0.1) is 4.90 Å². The fraction of sp³-hybridized carbons (Fsp3) is 0.0667. The molecule has 0 saturated heterocycles. The molecular weight excluding hydrogens is 272 g/mol. The first kappa shape index (κ1) is 14.0. The van der Waals surface area contributed by atoms with Crippen molar-refractivity contribution in [1.29, 1.82) is 0 Å². The van der Waals surface area contributed by atoms with Crippen LogP contribution in [0.25, 0.3) is 0 Å². The fourth-order valence-corrected chi connectivity index (χ4v) is 2.71. The molecule has 0 fully saturated rings. The van der Waals surface area contributed by atoms with Crippen LogP contribution in [0.4, 0.5) is 11.4 Å². The third-order valence-corrected chi connectivity index (χ3v) is 4.15. The summed E-state index contributed by atoms with van der Waals surface area (Å²) in [4.78, 5) is 0.206. The largest absolute Gasteiger partial charge is 0.388 e. The molecule has 0 aliphatic carbocycles. The van der Waals surface area contributed by atoms with Crippen molar-refractivity contribution in [3.63, 3.8) is 0 Å². The molecule has 2 aromatic carbocycles. The van der Waals surface area contributed by atoms with Crippen LogP contribution < -0.4 is 10.0 Å². The van der Waals surface area contributed by atoms with E-state index in [1.54, 1.807) is 55.6 Å². The van der Waals surface area contributed by atoms with Crippen LogP contribution in [-0.2, 0) is 10.0 Å². The number of sulfonamides is 1. The van der Waals surface area contributed by atoms with E-state index in [-0.39, 0.29) is 4.90 Å². The van der Waals surface area contributed by atoms with E-state index in [0.717, 1.165) is 5.69 Å². The predicted molar refractivity (Wildman–Crippen MR) is 81.2 cm³/mol. The molecule has 0 heterocycles. The zero-order valence-electron chi connectivity index (χ0n) is 10.9. The Labute approximate surface area is 118 Å².